The van der Waals surface area contributed by atoms with Crippen molar-refractivity contribution >= 4 is 35.0 Å². The second kappa shape index (κ2) is 8.57. The van der Waals surface area contributed by atoms with Gasteiger partial charge in [-0.3, -0.25) is 14.5 Å². The third kappa shape index (κ3) is 4.80. The zero-order valence-corrected chi connectivity index (χ0v) is 17.4. The fourth-order valence-electron chi connectivity index (χ4n) is 3.85. The normalized spacial score (nSPS) is 21.9. The van der Waals surface area contributed by atoms with E-state index in [1.165, 1.54) is 11.8 Å². The minimum Gasteiger partial charge on any atom is -0.373 e. The highest BCUT2D eigenvalue weighted by atomic mass is 32.2. The van der Waals surface area contributed by atoms with Gasteiger partial charge in [-0.05, 0) is 43.7 Å². The summed E-state index contributed by atoms with van der Waals surface area (Å²) in [4.78, 5) is 27.8. The average molecular weight is 412 g/mol. The van der Waals surface area contributed by atoms with Crippen LogP contribution in [-0.4, -0.2) is 47.8 Å². The number of hydrogen-bond acceptors (Lipinski definition) is 5. The fraction of sp³-hybridized carbons (Fsp3) is 0.364. The van der Waals surface area contributed by atoms with E-state index >= 15 is 0 Å². The van der Waals surface area contributed by atoms with Gasteiger partial charge in [-0.1, -0.05) is 18.2 Å². The lowest BCUT2D eigenvalue weighted by atomic mass is 10.1. The van der Waals surface area contributed by atoms with Crippen LogP contribution in [0.2, 0.25) is 0 Å². The van der Waals surface area contributed by atoms with E-state index in [0.717, 1.165) is 35.8 Å². The molecule has 2 N–H and O–H groups in total. The molecule has 1 saturated heterocycles. The first-order chi connectivity index (χ1) is 14.0. The van der Waals surface area contributed by atoms with Crippen molar-refractivity contribution in [1.29, 1.82) is 0 Å². The van der Waals surface area contributed by atoms with Gasteiger partial charge in [-0.25, -0.2) is 0 Å². The number of thioether (sulfide) groups is 1. The lowest BCUT2D eigenvalue weighted by molar-refractivity contribution is -0.113. The van der Waals surface area contributed by atoms with Gasteiger partial charge in [0.1, 0.15) is 0 Å². The Hall–Kier alpha value is -2.35. The Kier molecular flexibility index (Phi) is 5.89. The highest BCUT2D eigenvalue weighted by molar-refractivity contribution is 8.00. The Labute approximate surface area is 175 Å². The Balaban J connectivity index is 1.49. The van der Waals surface area contributed by atoms with Gasteiger partial charge in [-0.2, -0.15) is 0 Å². The predicted octanol–water partition coefficient (Wildman–Crippen LogP) is 3.59. The molecule has 6 nitrogen and oxygen atoms in total. The minimum atomic E-state index is -0.186. The molecule has 29 heavy (non-hydrogen) atoms. The molecule has 2 aromatic carbocycles. The maximum Gasteiger partial charge on any atom is 0.255 e. The number of carbonyl (C=O) groups is 2. The summed E-state index contributed by atoms with van der Waals surface area (Å²) >= 11 is 1.48. The predicted molar refractivity (Wildman–Crippen MR) is 115 cm³/mol. The van der Waals surface area contributed by atoms with Crippen molar-refractivity contribution in [1.82, 2.24) is 4.90 Å². The second-order valence-corrected chi connectivity index (χ2v) is 8.63. The van der Waals surface area contributed by atoms with Crippen molar-refractivity contribution in [2.75, 3.05) is 29.5 Å². The van der Waals surface area contributed by atoms with Gasteiger partial charge in [0, 0.05) is 35.8 Å². The van der Waals surface area contributed by atoms with Gasteiger partial charge in [-0.15, -0.1) is 11.8 Å². The number of amides is 2. The number of carbonyl (C=O) groups excluding carboxylic acids is 2. The van der Waals surface area contributed by atoms with Crippen molar-refractivity contribution in [2.24, 2.45) is 0 Å². The monoisotopic (exact) mass is 411 g/mol. The van der Waals surface area contributed by atoms with Crippen LogP contribution in [0.15, 0.2) is 47.4 Å². The van der Waals surface area contributed by atoms with Gasteiger partial charge >= 0.3 is 0 Å². The minimum absolute atomic E-state index is 0.0422. The molecular formula is C22H25N3O3S. The lowest BCUT2D eigenvalue weighted by Crippen LogP contribution is -2.44. The van der Waals surface area contributed by atoms with E-state index in [1.807, 2.05) is 30.3 Å². The van der Waals surface area contributed by atoms with E-state index in [2.05, 4.69) is 29.4 Å². The summed E-state index contributed by atoms with van der Waals surface area (Å²) in [6, 6.07) is 13.3. The Morgan fingerprint density at radius 3 is 2.76 bits per heavy atom. The van der Waals surface area contributed by atoms with Crippen LogP contribution in [0.5, 0.6) is 0 Å². The van der Waals surface area contributed by atoms with Gasteiger partial charge in [0.2, 0.25) is 5.91 Å². The van der Waals surface area contributed by atoms with Crippen molar-refractivity contribution in [2.45, 2.75) is 37.5 Å². The van der Waals surface area contributed by atoms with E-state index < -0.39 is 0 Å². The number of ether oxygens (including phenoxy) is 1. The summed E-state index contributed by atoms with van der Waals surface area (Å²) in [6.45, 7) is 6.67. The summed E-state index contributed by atoms with van der Waals surface area (Å²) in [6.07, 6.45) is 0.396. The molecule has 4 rings (SSSR count). The number of para-hydroxylation sites is 1. The fourth-order valence-corrected chi connectivity index (χ4v) is 4.64. The molecular weight excluding hydrogens is 386 g/mol. The van der Waals surface area contributed by atoms with Crippen LogP contribution < -0.4 is 10.6 Å². The van der Waals surface area contributed by atoms with E-state index in [4.69, 9.17) is 4.74 Å². The molecule has 0 bridgehead atoms. The first kappa shape index (κ1) is 19.9. The molecule has 0 spiro atoms. The molecule has 0 unspecified atom stereocenters. The molecule has 0 saturated carbocycles. The van der Waals surface area contributed by atoms with E-state index in [-0.39, 0.29) is 24.0 Å². The number of nitrogens with zero attached hydrogens (tertiary/aromatic N) is 1. The Morgan fingerprint density at radius 1 is 1.21 bits per heavy atom. The van der Waals surface area contributed by atoms with Crippen molar-refractivity contribution in [3.05, 3.63) is 53.6 Å². The number of morpholine rings is 1. The molecule has 152 valence electrons. The molecule has 2 aromatic rings. The van der Waals surface area contributed by atoms with Gasteiger partial charge in [0.25, 0.3) is 5.91 Å². The van der Waals surface area contributed by atoms with Gasteiger partial charge < -0.3 is 15.4 Å². The topological polar surface area (TPSA) is 70.7 Å². The molecule has 0 aliphatic carbocycles. The number of benzene rings is 2. The second-order valence-electron chi connectivity index (χ2n) is 7.61. The van der Waals surface area contributed by atoms with E-state index in [0.29, 0.717) is 17.0 Å². The zero-order valence-electron chi connectivity index (χ0n) is 16.6. The molecule has 2 aliphatic heterocycles. The summed E-state index contributed by atoms with van der Waals surface area (Å²) < 4.78 is 5.82. The van der Waals surface area contributed by atoms with Gasteiger partial charge in [0.05, 0.1) is 23.6 Å². The van der Waals surface area contributed by atoms with E-state index in [9.17, 15) is 9.59 Å². The summed E-state index contributed by atoms with van der Waals surface area (Å²) in [5.41, 5.74) is 3.10. The SMILES string of the molecule is C[C@@H]1CN(Cc2ccccc2NC(=O)c2ccc3c(c2)NC(=O)CS3)C[C@H](C)O1. The van der Waals surface area contributed by atoms with Gasteiger partial charge in [0.15, 0.2) is 0 Å². The summed E-state index contributed by atoms with van der Waals surface area (Å²) in [7, 11) is 0. The van der Waals surface area contributed by atoms with Crippen molar-refractivity contribution in [3.63, 3.8) is 0 Å². The summed E-state index contributed by atoms with van der Waals surface area (Å²) in [5, 5.41) is 5.88. The quantitative estimate of drug-likeness (QED) is 0.805. The first-order valence-electron chi connectivity index (χ1n) is 9.81. The molecule has 0 radical (unpaired) electrons. The molecule has 2 heterocycles. The third-order valence-corrected chi connectivity index (χ3v) is 6.10. The molecule has 7 heteroatoms. The third-order valence-electron chi connectivity index (χ3n) is 5.03. The van der Waals surface area contributed by atoms with Crippen LogP contribution in [0.3, 0.4) is 0 Å². The maximum absolute atomic E-state index is 12.9. The molecule has 2 amide bonds. The number of anilines is 2. The molecule has 2 aliphatic rings. The van der Waals surface area contributed by atoms with Crippen LogP contribution in [0.4, 0.5) is 11.4 Å². The van der Waals surface area contributed by atoms with Crippen LogP contribution >= 0.6 is 11.8 Å². The van der Waals surface area contributed by atoms with E-state index in [1.54, 1.807) is 12.1 Å². The average Bonchev–Trinajstić information content (AvgIpc) is 2.68. The highest BCUT2D eigenvalue weighted by Crippen LogP contribution is 2.32. The summed E-state index contributed by atoms with van der Waals surface area (Å²) in [5.74, 6) is 0.179. The number of nitrogens with one attached hydrogen (secondary N) is 2. The number of fused-ring (bicyclic) bond motifs is 1. The Morgan fingerprint density at radius 2 is 1.97 bits per heavy atom. The van der Waals surface area contributed by atoms with Crippen LogP contribution in [0, 0.1) is 0 Å². The number of hydrogen-bond donors (Lipinski definition) is 2. The standard InChI is InChI=1S/C22H25N3O3S/c1-14-10-25(11-15(2)28-14)12-17-5-3-4-6-18(17)24-22(27)16-7-8-20-19(9-16)23-21(26)13-29-20/h3-9,14-15H,10-13H2,1-2H3,(H,23,26)(H,24,27)/t14-,15+. The smallest absolute Gasteiger partial charge is 0.255 e. The zero-order chi connectivity index (χ0) is 20.4. The molecule has 2 atom stereocenters. The molecule has 1 fully saturated rings. The van der Waals surface area contributed by atoms with Crippen LogP contribution in [0.1, 0.15) is 29.8 Å². The van der Waals surface area contributed by atoms with Crippen molar-refractivity contribution in [3.8, 4) is 0 Å². The van der Waals surface area contributed by atoms with Crippen LogP contribution in [0.25, 0.3) is 0 Å². The number of rotatable bonds is 4. The highest BCUT2D eigenvalue weighted by Gasteiger charge is 2.23. The Bertz CT molecular complexity index is 923. The first-order valence-corrected chi connectivity index (χ1v) is 10.8. The maximum atomic E-state index is 12.9. The lowest BCUT2D eigenvalue weighted by Gasteiger charge is -2.35. The van der Waals surface area contributed by atoms with Crippen molar-refractivity contribution < 1.29 is 14.3 Å². The van der Waals surface area contributed by atoms with Crippen LogP contribution in [-0.2, 0) is 16.1 Å². The molecule has 0 aromatic heterocycles. The largest absolute Gasteiger partial charge is 0.373 e.